The third-order valence-corrected chi connectivity index (χ3v) is 7.88. The van der Waals surface area contributed by atoms with Crippen LogP contribution in [0.2, 0.25) is 0 Å². The Balaban J connectivity index is 1.65. The maximum absolute atomic E-state index is 14.0. The number of imidazole rings is 1. The number of benzene rings is 2. The zero-order valence-corrected chi connectivity index (χ0v) is 24.9. The van der Waals surface area contributed by atoms with Crippen LogP contribution in [0, 0.1) is 18.3 Å². The van der Waals surface area contributed by atoms with E-state index in [1.807, 2.05) is 30.4 Å². The number of rotatable bonds is 7. The fourth-order valence-corrected chi connectivity index (χ4v) is 5.63. The normalized spacial score (nSPS) is 12.3. The molecule has 3 aromatic heterocycles. The second kappa shape index (κ2) is 11.9. The molecule has 0 aliphatic heterocycles. The zero-order chi connectivity index (χ0) is 31.8. The van der Waals surface area contributed by atoms with Gasteiger partial charge in [-0.1, -0.05) is 6.07 Å². The van der Waals surface area contributed by atoms with Crippen LogP contribution in [0.1, 0.15) is 40.5 Å². The molecule has 10 nitrogen and oxygen atoms in total. The summed E-state index contributed by atoms with van der Waals surface area (Å²) in [6, 6.07) is 13.1. The highest BCUT2D eigenvalue weighted by molar-refractivity contribution is 7.09. The number of carbonyl (C=O) groups excluding carboxylic acids is 1. The number of aromatic nitrogens is 5. The van der Waals surface area contributed by atoms with E-state index in [9.17, 15) is 28.0 Å². The van der Waals surface area contributed by atoms with E-state index in [2.05, 4.69) is 15.4 Å². The van der Waals surface area contributed by atoms with Gasteiger partial charge in [0.15, 0.2) is 0 Å². The Labute approximate surface area is 254 Å². The first kappa shape index (κ1) is 30.5. The minimum atomic E-state index is -4.64. The standard InChI is InChI=1S/C30H27F3N8O2S/c1-18(27-37-22(17-44-27)16-38(3)4)36-28(42)40-26(25-12-13-35-41(25)23-10-8-20(15-34)9-11-23)19(2)39(29(40)43)24-7-5-6-21(14-24)30(31,32)33/h5-14,17-18H,16H2,1-4H3,(H,36,42). The number of amides is 1. The number of thiazole rings is 1. The molecule has 2 aromatic carbocycles. The second-order valence-electron chi connectivity index (χ2n) is 10.3. The summed E-state index contributed by atoms with van der Waals surface area (Å²) in [5.74, 6) is 0. The van der Waals surface area contributed by atoms with Crippen LogP contribution < -0.4 is 11.0 Å². The molecule has 5 aromatic rings. The lowest BCUT2D eigenvalue weighted by Crippen LogP contribution is -2.38. The lowest BCUT2D eigenvalue weighted by molar-refractivity contribution is -0.137. The highest BCUT2D eigenvalue weighted by Gasteiger charge is 2.32. The van der Waals surface area contributed by atoms with Crippen LogP contribution in [-0.4, -0.2) is 48.9 Å². The van der Waals surface area contributed by atoms with Crippen LogP contribution in [0.4, 0.5) is 18.0 Å². The van der Waals surface area contributed by atoms with Gasteiger partial charge in [0.25, 0.3) is 0 Å². The van der Waals surface area contributed by atoms with Crippen molar-refractivity contribution in [3.8, 4) is 28.8 Å². The van der Waals surface area contributed by atoms with Crippen molar-refractivity contribution in [3.05, 3.63) is 104 Å². The summed E-state index contributed by atoms with van der Waals surface area (Å²) in [6.45, 7) is 3.90. The van der Waals surface area contributed by atoms with Crippen LogP contribution in [0.3, 0.4) is 0 Å². The maximum Gasteiger partial charge on any atom is 0.416 e. The largest absolute Gasteiger partial charge is 0.416 e. The van der Waals surface area contributed by atoms with Crippen LogP contribution in [0.15, 0.2) is 71.0 Å². The molecule has 0 bridgehead atoms. The van der Waals surface area contributed by atoms with Gasteiger partial charge < -0.3 is 10.2 Å². The summed E-state index contributed by atoms with van der Waals surface area (Å²) >= 11 is 1.37. The molecule has 0 saturated carbocycles. The van der Waals surface area contributed by atoms with Crippen molar-refractivity contribution in [1.29, 1.82) is 5.26 Å². The number of carbonyl (C=O) groups is 1. The number of halogens is 3. The minimum absolute atomic E-state index is 0.0548. The van der Waals surface area contributed by atoms with E-state index in [0.717, 1.165) is 27.0 Å². The number of alkyl halides is 3. The predicted molar refractivity (Wildman–Crippen MR) is 159 cm³/mol. The van der Waals surface area contributed by atoms with Crippen molar-refractivity contribution < 1.29 is 18.0 Å². The van der Waals surface area contributed by atoms with Crippen molar-refractivity contribution in [2.24, 2.45) is 0 Å². The second-order valence-corrected chi connectivity index (χ2v) is 11.2. The van der Waals surface area contributed by atoms with E-state index < -0.39 is 29.5 Å². The van der Waals surface area contributed by atoms with Crippen molar-refractivity contribution in [2.45, 2.75) is 32.6 Å². The van der Waals surface area contributed by atoms with Crippen LogP contribution in [0.5, 0.6) is 0 Å². The molecule has 0 saturated heterocycles. The highest BCUT2D eigenvalue weighted by Crippen LogP contribution is 2.32. The molecule has 44 heavy (non-hydrogen) atoms. The van der Waals surface area contributed by atoms with Gasteiger partial charge in [-0.05, 0) is 76.5 Å². The first-order valence-corrected chi connectivity index (χ1v) is 14.2. The molecule has 5 rings (SSSR count). The van der Waals surface area contributed by atoms with Gasteiger partial charge in [-0.2, -0.15) is 23.5 Å². The third kappa shape index (κ3) is 5.92. The monoisotopic (exact) mass is 620 g/mol. The molecule has 226 valence electrons. The molecule has 0 spiro atoms. The average molecular weight is 621 g/mol. The number of nitrogens with one attached hydrogen (secondary N) is 1. The average Bonchev–Trinajstić information content (AvgIpc) is 3.70. The first-order valence-electron chi connectivity index (χ1n) is 13.4. The van der Waals surface area contributed by atoms with Crippen LogP contribution in [-0.2, 0) is 12.7 Å². The quantitative estimate of drug-likeness (QED) is 0.256. The molecular weight excluding hydrogens is 593 g/mol. The maximum atomic E-state index is 14.0. The fraction of sp³-hybridized carbons (Fsp3) is 0.233. The summed E-state index contributed by atoms with van der Waals surface area (Å²) in [5, 5.41) is 18.9. The number of hydrogen-bond acceptors (Lipinski definition) is 7. The molecule has 1 unspecified atom stereocenters. The van der Waals surface area contributed by atoms with Gasteiger partial charge in [0.1, 0.15) is 10.7 Å². The summed E-state index contributed by atoms with van der Waals surface area (Å²) in [7, 11) is 3.83. The minimum Gasteiger partial charge on any atom is -0.328 e. The fourth-order valence-electron chi connectivity index (χ4n) is 4.82. The summed E-state index contributed by atoms with van der Waals surface area (Å²) in [5.41, 5.74) is 0.624. The number of hydrogen-bond donors (Lipinski definition) is 1. The lowest BCUT2D eigenvalue weighted by Gasteiger charge is -2.14. The van der Waals surface area contributed by atoms with Gasteiger partial charge >= 0.3 is 17.9 Å². The van der Waals surface area contributed by atoms with Gasteiger partial charge in [0.05, 0.1) is 57.9 Å². The van der Waals surface area contributed by atoms with Gasteiger partial charge in [-0.25, -0.2) is 23.8 Å². The molecule has 0 aliphatic rings. The molecule has 1 amide bonds. The van der Waals surface area contributed by atoms with Gasteiger partial charge in [0.2, 0.25) is 0 Å². The van der Waals surface area contributed by atoms with E-state index in [1.165, 1.54) is 34.3 Å². The molecule has 1 N–H and O–H groups in total. The van der Waals surface area contributed by atoms with E-state index in [-0.39, 0.29) is 17.1 Å². The van der Waals surface area contributed by atoms with E-state index in [4.69, 9.17) is 0 Å². The topological polar surface area (TPSA) is 114 Å². The number of nitrogens with zero attached hydrogens (tertiary/aromatic N) is 7. The Hall–Kier alpha value is -5.00. The third-order valence-electron chi connectivity index (χ3n) is 6.80. The van der Waals surface area contributed by atoms with E-state index >= 15 is 0 Å². The van der Waals surface area contributed by atoms with Crippen LogP contribution in [0.25, 0.3) is 22.8 Å². The summed E-state index contributed by atoms with van der Waals surface area (Å²) in [4.78, 5) is 34.4. The lowest BCUT2D eigenvalue weighted by atomic mass is 10.2. The van der Waals surface area contributed by atoms with Crippen molar-refractivity contribution in [3.63, 3.8) is 0 Å². The molecule has 0 aliphatic carbocycles. The zero-order valence-electron chi connectivity index (χ0n) is 24.1. The Morgan fingerprint density at radius 1 is 1.14 bits per heavy atom. The van der Waals surface area contributed by atoms with Crippen molar-refractivity contribution >= 4 is 17.4 Å². The van der Waals surface area contributed by atoms with Crippen molar-refractivity contribution in [2.75, 3.05) is 14.1 Å². The van der Waals surface area contributed by atoms with Gasteiger partial charge in [0, 0.05) is 11.9 Å². The van der Waals surface area contributed by atoms with Gasteiger partial charge in [-0.15, -0.1) is 11.3 Å². The molecule has 0 radical (unpaired) electrons. The smallest absolute Gasteiger partial charge is 0.328 e. The molecule has 3 heterocycles. The Bertz CT molecular complexity index is 1930. The van der Waals surface area contributed by atoms with Gasteiger partial charge in [-0.3, -0.25) is 4.57 Å². The van der Waals surface area contributed by atoms with Crippen molar-refractivity contribution in [1.82, 2.24) is 34.1 Å². The SMILES string of the molecule is Cc1c(-c2ccnn2-c2ccc(C#N)cc2)n(C(=O)NC(C)c2nc(CN(C)C)cs2)c(=O)n1-c1cccc(C(F)(F)F)c1. The molecule has 0 fully saturated rings. The molecular formula is C30H27F3N8O2S. The number of nitriles is 1. The Kier molecular flexibility index (Phi) is 8.27. The highest BCUT2D eigenvalue weighted by atomic mass is 32.1. The van der Waals surface area contributed by atoms with Crippen LogP contribution >= 0.6 is 11.3 Å². The molecule has 14 heteroatoms. The Morgan fingerprint density at radius 2 is 1.86 bits per heavy atom. The Morgan fingerprint density at radius 3 is 2.52 bits per heavy atom. The predicted octanol–water partition coefficient (Wildman–Crippen LogP) is 5.53. The summed E-state index contributed by atoms with van der Waals surface area (Å²) < 4.78 is 44.2. The summed E-state index contributed by atoms with van der Waals surface area (Å²) in [6.07, 6.45) is -3.16. The van der Waals surface area contributed by atoms with E-state index in [0.29, 0.717) is 28.5 Å². The first-order chi connectivity index (χ1) is 20.9. The van der Waals surface area contributed by atoms with E-state index in [1.54, 1.807) is 44.2 Å². The molecule has 1 atom stereocenters.